The Morgan fingerprint density at radius 1 is 1.12 bits per heavy atom. The van der Waals surface area contributed by atoms with E-state index in [0.717, 1.165) is 11.1 Å². The van der Waals surface area contributed by atoms with Gasteiger partial charge in [0.1, 0.15) is 11.2 Å². The van der Waals surface area contributed by atoms with Crippen molar-refractivity contribution in [2.45, 2.75) is 25.5 Å². The van der Waals surface area contributed by atoms with Crippen LogP contribution in [0.1, 0.15) is 17.5 Å². The average molecular weight is 341 g/mol. The van der Waals surface area contributed by atoms with Gasteiger partial charge in [0.25, 0.3) is 0 Å². The molecule has 0 aromatic heterocycles. The Labute approximate surface area is 147 Å². The zero-order valence-electron chi connectivity index (χ0n) is 14.0. The Morgan fingerprint density at radius 2 is 1.84 bits per heavy atom. The van der Waals surface area contributed by atoms with Crippen LogP contribution < -0.4 is 0 Å². The molecule has 132 valence electrons. The number of piperidine rings is 1. The normalized spacial score (nSPS) is 24.1. The van der Waals surface area contributed by atoms with Gasteiger partial charge in [-0.3, -0.25) is 9.69 Å². The number of aliphatic hydroxyl groups is 1. The highest BCUT2D eigenvalue weighted by Crippen LogP contribution is 2.36. The van der Waals surface area contributed by atoms with E-state index >= 15 is 0 Å². The molecule has 1 aliphatic rings. The molecule has 1 aliphatic heterocycles. The fraction of sp³-hybridized carbons (Fsp3) is 0.350. The van der Waals surface area contributed by atoms with Crippen LogP contribution in [0, 0.1) is 5.41 Å². The number of phenols is 1. The van der Waals surface area contributed by atoms with Crippen LogP contribution in [0.5, 0.6) is 5.75 Å². The number of hydrogen-bond donors (Lipinski definition) is 3. The van der Waals surface area contributed by atoms with Crippen molar-refractivity contribution in [1.82, 2.24) is 4.90 Å². The summed E-state index contributed by atoms with van der Waals surface area (Å²) in [5, 5.41) is 30.1. The van der Waals surface area contributed by atoms with Crippen molar-refractivity contribution in [2.75, 3.05) is 13.1 Å². The Hall–Kier alpha value is -2.37. The number of benzene rings is 2. The van der Waals surface area contributed by atoms with Gasteiger partial charge < -0.3 is 15.3 Å². The highest BCUT2D eigenvalue weighted by atomic mass is 16.4. The van der Waals surface area contributed by atoms with Crippen LogP contribution in [0.4, 0.5) is 0 Å². The third kappa shape index (κ3) is 3.83. The number of aliphatic carboxylic acids is 1. The smallest absolute Gasteiger partial charge is 0.312 e. The molecule has 5 nitrogen and oxygen atoms in total. The van der Waals surface area contributed by atoms with Crippen LogP contribution in [-0.2, 0) is 17.8 Å². The summed E-state index contributed by atoms with van der Waals surface area (Å²) < 4.78 is 0. The largest absolute Gasteiger partial charge is 0.508 e. The Morgan fingerprint density at radius 3 is 2.48 bits per heavy atom. The number of aliphatic hydroxyl groups excluding tert-OH is 1. The van der Waals surface area contributed by atoms with Gasteiger partial charge >= 0.3 is 5.97 Å². The maximum Gasteiger partial charge on any atom is 0.312 e. The molecule has 25 heavy (non-hydrogen) atoms. The second-order valence-electron chi connectivity index (χ2n) is 6.79. The van der Waals surface area contributed by atoms with Gasteiger partial charge in [0, 0.05) is 13.1 Å². The first-order valence-corrected chi connectivity index (χ1v) is 8.45. The fourth-order valence-electron chi connectivity index (χ4n) is 3.58. The number of carboxylic acid groups (broad SMARTS) is 1. The number of β-amino-alcohol motifs (C(OH)–C–C–N with tert-alkyl or cyclic N) is 1. The average Bonchev–Trinajstić information content (AvgIpc) is 2.58. The van der Waals surface area contributed by atoms with E-state index in [9.17, 15) is 20.1 Å². The molecule has 0 aliphatic carbocycles. The summed E-state index contributed by atoms with van der Waals surface area (Å²) in [7, 11) is 0. The summed E-state index contributed by atoms with van der Waals surface area (Å²) >= 11 is 0. The Balaban J connectivity index is 1.73. The number of nitrogens with zero attached hydrogens (tertiary/aromatic N) is 1. The van der Waals surface area contributed by atoms with E-state index in [1.165, 1.54) is 0 Å². The summed E-state index contributed by atoms with van der Waals surface area (Å²) in [4.78, 5) is 14.0. The molecule has 1 heterocycles. The highest BCUT2D eigenvalue weighted by molar-refractivity contribution is 5.76. The maximum atomic E-state index is 12.0. The third-order valence-electron chi connectivity index (χ3n) is 5.05. The lowest BCUT2D eigenvalue weighted by Crippen LogP contribution is -2.55. The number of phenolic OH excluding ortho intramolecular Hbond substituents is 1. The fourth-order valence-corrected chi connectivity index (χ4v) is 3.58. The topological polar surface area (TPSA) is 81.0 Å². The number of carboxylic acids is 1. The monoisotopic (exact) mass is 341 g/mol. The molecule has 0 spiro atoms. The van der Waals surface area contributed by atoms with Crippen molar-refractivity contribution in [3.8, 4) is 5.75 Å². The molecule has 5 heteroatoms. The van der Waals surface area contributed by atoms with Gasteiger partial charge in [-0.2, -0.15) is 0 Å². The van der Waals surface area contributed by atoms with E-state index in [4.69, 9.17) is 0 Å². The first-order valence-electron chi connectivity index (χ1n) is 8.45. The van der Waals surface area contributed by atoms with Gasteiger partial charge in [-0.15, -0.1) is 0 Å². The zero-order chi connectivity index (χ0) is 17.9. The summed E-state index contributed by atoms with van der Waals surface area (Å²) in [6.45, 7) is 1.47. The van der Waals surface area contributed by atoms with Crippen molar-refractivity contribution in [2.24, 2.45) is 5.41 Å². The molecule has 1 fully saturated rings. The maximum absolute atomic E-state index is 12.0. The van der Waals surface area contributed by atoms with Gasteiger partial charge in [-0.05, 0) is 42.6 Å². The van der Waals surface area contributed by atoms with E-state index in [1.54, 1.807) is 18.2 Å². The van der Waals surface area contributed by atoms with E-state index in [1.807, 2.05) is 41.3 Å². The molecule has 0 unspecified atom stereocenters. The summed E-state index contributed by atoms with van der Waals surface area (Å²) in [5.41, 5.74) is 0.708. The second kappa shape index (κ2) is 7.25. The lowest BCUT2D eigenvalue weighted by atomic mass is 9.71. The van der Waals surface area contributed by atoms with Gasteiger partial charge in [0.15, 0.2) is 0 Å². The van der Waals surface area contributed by atoms with Crippen molar-refractivity contribution < 1.29 is 20.1 Å². The van der Waals surface area contributed by atoms with E-state index in [-0.39, 0.29) is 5.75 Å². The quantitative estimate of drug-likeness (QED) is 0.777. The van der Waals surface area contributed by atoms with E-state index < -0.39 is 17.5 Å². The minimum absolute atomic E-state index is 0.207. The Kier molecular flexibility index (Phi) is 5.06. The predicted molar refractivity (Wildman–Crippen MR) is 94.2 cm³/mol. The van der Waals surface area contributed by atoms with Crippen molar-refractivity contribution >= 4 is 5.97 Å². The molecule has 1 saturated heterocycles. The summed E-state index contributed by atoms with van der Waals surface area (Å²) in [5.74, 6) is -0.736. The van der Waals surface area contributed by atoms with Crippen LogP contribution in [0.2, 0.25) is 0 Å². The van der Waals surface area contributed by atoms with Crippen LogP contribution in [-0.4, -0.2) is 45.4 Å². The Bertz CT molecular complexity index is 733. The van der Waals surface area contributed by atoms with Crippen LogP contribution >= 0.6 is 0 Å². The number of rotatable bonds is 5. The molecular formula is C20H23NO4. The van der Waals surface area contributed by atoms with Crippen LogP contribution in [0.3, 0.4) is 0 Å². The highest BCUT2D eigenvalue weighted by Gasteiger charge is 2.48. The van der Waals surface area contributed by atoms with Crippen molar-refractivity contribution in [3.63, 3.8) is 0 Å². The van der Waals surface area contributed by atoms with E-state index in [2.05, 4.69) is 0 Å². The molecule has 0 amide bonds. The molecule has 0 radical (unpaired) electrons. The minimum atomic E-state index is -1.16. The molecule has 2 atom stereocenters. The third-order valence-corrected chi connectivity index (χ3v) is 5.05. The number of carbonyl (C=O) groups is 1. The molecule has 3 rings (SSSR count). The number of likely N-dealkylation sites (tertiary alicyclic amines) is 1. The first kappa shape index (κ1) is 17.5. The molecule has 2 aromatic rings. The van der Waals surface area contributed by atoms with Crippen LogP contribution in [0.15, 0.2) is 54.6 Å². The minimum Gasteiger partial charge on any atom is -0.508 e. The van der Waals surface area contributed by atoms with Gasteiger partial charge in [-0.25, -0.2) is 0 Å². The summed E-state index contributed by atoms with van der Waals surface area (Å²) in [6.07, 6.45) is -0.238. The second-order valence-corrected chi connectivity index (χ2v) is 6.79. The standard InChI is InChI=1S/C20H23NO4/c22-17-8-4-7-16(11-17)13-21-10-9-20(19(24)25,18(23)14-21)12-15-5-2-1-3-6-15/h1-8,11,18,22-23H,9-10,12-14H2,(H,24,25)/t18-,20-/m1/s1. The predicted octanol–water partition coefficient (Wildman–Crippen LogP) is 2.27. The lowest BCUT2D eigenvalue weighted by Gasteiger charge is -2.43. The van der Waals surface area contributed by atoms with Crippen molar-refractivity contribution in [3.05, 3.63) is 65.7 Å². The van der Waals surface area contributed by atoms with Gasteiger partial charge in [0.05, 0.1) is 6.10 Å². The van der Waals surface area contributed by atoms with Gasteiger partial charge in [-0.1, -0.05) is 42.5 Å². The molecular weight excluding hydrogens is 318 g/mol. The molecule has 0 saturated carbocycles. The lowest BCUT2D eigenvalue weighted by molar-refractivity contribution is -0.163. The zero-order valence-corrected chi connectivity index (χ0v) is 14.0. The van der Waals surface area contributed by atoms with Gasteiger partial charge in [0.2, 0.25) is 0 Å². The SMILES string of the molecule is O=C(O)[C@@]1(Cc2ccccc2)CCN(Cc2cccc(O)c2)C[C@H]1O. The number of hydrogen-bond acceptors (Lipinski definition) is 4. The molecule has 0 bridgehead atoms. The number of aromatic hydroxyl groups is 1. The molecule has 3 N–H and O–H groups in total. The van der Waals surface area contributed by atoms with E-state index in [0.29, 0.717) is 32.5 Å². The van der Waals surface area contributed by atoms with Crippen molar-refractivity contribution in [1.29, 1.82) is 0 Å². The summed E-state index contributed by atoms with van der Waals surface area (Å²) in [6, 6.07) is 16.5. The molecule has 2 aromatic carbocycles. The first-order chi connectivity index (χ1) is 12.0. The van der Waals surface area contributed by atoms with Crippen LogP contribution in [0.25, 0.3) is 0 Å².